The standard InChI is InChI=1S/C20H43O3P/c1-4-5-6-7-8-9-10-11-12-13-14-15-16-17-18-24(21,22)23-19-20(2)3/h20H,4-19H2,1-3H3,(H,21,22). The molecule has 0 aliphatic rings. The SMILES string of the molecule is CCCCCCCCCCCCCCCCP(=O)(O)OCC(C)C. The van der Waals surface area contributed by atoms with Crippen molar-refractivity contribution in [1.82, 2.24) is 0 Å². The molecule has 0 aliphatic heterocycles. The molecule has 0 aromatic heterocycles. The molecule has 0 aromatic carbocycles. The average molecular weight is 363 g/mol. The van der Waals surface area contributed by atoms with Gasteiger partial charge in [0, 0.05) is 6.16 Å². The molecule has 1 atom stereocenters. The van der Waals surface area contributed by atoms with Gasteiger partial charge in [0.2, 0.25) is 0 Å². The monoisotopic (exact) mass is 362 g/mol. The van der Waals surface area contributed by atoms with Crippen LogP contribution in [-0.4, -0.2) is 17.7 Å². The molecule has 1 N–H and O–H groups in total. The fourth-order valence-corrected chi connectivity index (χ4v) is 4.12. The molecule has 3 nitrogen and oxygen atoms in total. The van der Waals surface area contributed by atoms with E-state index in [1.54, 1.807) is 0 Å². The molecule has 1 unspecified atom stereocenters. The van der Waals surface area contributed by atoms with Gasteiger partial charge in [-0.05, 0) is 12.3 Å². The van der Waals surface area contributed by atoms with Crippen molar-refractivity contribution in [2.75, 3.05) is 12.8 Å². The van der Waals surface area contributed by atoms with E-state index < -0.39 is 7.60 Å². The van der Waals surface area contributed by atoms with Crippen molar-refractivity contribution in [1.29, 1.82) is 0 Å². The van der Waals surface area contributed by atoms with Crippen molar-refractivity contribution in [3.05, 3.63) is 0 Å². The second kappa shape index (κ2) is 16.6. The van der Waals surface area contributed by atoms with Crippen molar-refractivity contribution in [2.24, 2.45) is 5.92 Å². The zero-order valence-electron chi connectivity index (χ0n) is 16.6. The predicted octanol–water partition coefficient (Wildman–Crippen LogP) is 7.33. The Morgan fingerprint density at radius 3 is 1.50 bits per heavy atom. The minimum absolute atomic E-state index is 0.307. The quantitative estimate of drug-likeness (QED) is 0.205. The third kappa shape index (κ3) is 18.5. The Hall–Kier alpha value is 0.150. The van der Waals surface area contributed by atoms with Gasteiger partial charge in [0.15, 0.2) is 0 Å². The summed E-state index contributed by atoms with van der Waals surface area (Å²) in [6.07, 6.45) is 18.5. The molecular formula is C20H43O3P. The number of unbranched alkanes of at least 4 members (excludes halogenated alkanes) is 13. The molecular weight excluding hydrogens is 319 g/mol. The summed E-state index contributed by atoms with van der Waals surface area (Å²) in [5.74, 6) is 0.307. The maximum Gasteiger partial charge on any atom is 0.328 e. The summed E-state index contributed by atoms with van der Waals surface area (Å²) in [5, 5.41) is 0. The Morgan fingerprint density at radius 1 is 0.750 bits per heavy atom. The molecule has 0 heterocycles. The average Bonchev–Trinajstić information content (AvgIpc) is 2.53. The smallest absolute Gasteiger partial charge is 0.324 e. The summed E-state index contributed by atoms with van der Waals surface area (Å²) in [7, 11) is -3.33. The van der Waals surface area contributed by atoms with Crippen LogP contribution < -0.4 is 0 Å². The number of hydrogen-bond acceptors (Lipinski definition) is 2. The highest BCUT2D eigenvalue weighted by Crippen LogP contribution is 2.43. The molecule has 146 valence electrons. The van der Waals surface area contributed by atoms with Crippen LogP contribution in [0.1, 0.15) is 111 Å². The molecule has 0 amide bonds. The fourth-order valence-electron chi connectivity index (χ4n) is 2.84. The lowest BCUT2D eigenvalue weighted by atomic mass is 10.0. The molecule has 0 bridgehead atoms. The predicted molar refractivity (Wildman–Crippen MR) is 106 cm³/mol. The molecule has 0 spiro atoms. The van der Waals surface area contributed by atoms with Gasteiger partial charge in [-0.2, -0.15) is 0 Å². The highest BCUT2D eigenvalue weighted by molar-refractivity contribution is 7.52. The van der Waals surface area contributed by atoms with Crippen LogP contribution in [0, 0.1) is 5.92 Å². The van der Waals surface area contributed by atoms with E-state index in [1.165, 1.54) is 77.0 Å². The molecule has 0 aliphatic carbocycles. The van der Waals surface area contributed by atoms with Crippen molar-refractivity contribution in [3.63, 3.8) is 0 Å². The van der Waals surface area contributed by atoms with Gasteiger partial charge in [-0.15, -0.1) is 0 Å². The molecule has 4 heteroatoms. The Kier molecular flexibility index (Phi) is 16.7. The number of hydrogen-bond donors (Lipinski definition) is 1. The Balaban J connectivity index is 3.24. The first-order chi connectivity index (χ1) is 11.5. The first-order valence-corrected chi connectivity index (χ1v) is 12.2. The maximum absolute atomic E-state index is 11.8. The lowest BCUT2D eigenvalue weighted by Gasteiger charge is -2.13. The van der Waals surface area contributed by atoms with Gasteiger partial charge in [-0.25, -0.2) is 0 Å². The first-order valence-electron chi connectivity index (χ1n) is 10.4. The Morgan fingerprint density at radius 2 is 1.12 bits per heavy atom. The molecule has 0 saturated carbocycles. The van der Waals surface area contributed by atoms with Crippen LogP contribution in [0.4, 0.5) is 0 Å². The van der Waals surface area contributed by atoms with E-state index in [9.17, 15) is 9.46 Å². The van der Waals surface area contributed by atoms with E-state index in [0.717, 1.165) is 12.8 Å². The molecule has 24 heavy (non-hydrogen) atoms. The Labute approximate surface area is 151 Å². The van der Waals surface area contributed by atoms with Crippen molar-refractivity contribution in [3.8, 4) is 0 Å². The Bertz CT molecular complexity index is 305. The summed E-state index contributed by atoms with van der Waals surface area (Å²) >= 11 is 0. The van der Waals surface area contributed by atoms with E-state index in [1.807, 2.05) is 13.8 Å². The van der Waals surface area contributed by atoms with E-state index in [2.05, 4.69) is 6.92 Å². The third-order valence-electron chi connectivity index (χ3n) is 4.40. The van der Waals surface area contributed by atoms with E-state index in [-0.39, 0.29) is 0 Å². The normalized spacial score (nSPS) is 14.2. The summed E-state index contributed by atoms with van der Waals surface area (Å²) in [6, 6.07) is 0. The van der Waals surface area contributed by atoms with Crippen molar-refractivity contribution in [2.45, 2.75) is 111 Å². The molecule has 0 radical (unpaired) electrons. The summed E-state index contributed by atoms with van der Waals surface area (Å²) in [5.41, 5.74) is 0. The van der Waals surface area contributed by atoms with Gasteiger partial charge >= 0.3 is 7.60 Å². The lowest BCUT2D eigenvalue weighted by Crippen LogP contribution is -2.02. The fraction of sp³-hybridized carbons (Fsp3) is 1.00. The molecule has 0 aromatic rings. The van der Waals surface area contributed by atoms with Crippen LogP contribution >= 0.6 is 7.60 Å². The van der Waals surface area contributed by atoms with Crippen LogP contribution in [0.3, 0.4) is 0 Å². The highest BCUT2D eigenvalue weighted by Gasteiger charge is 2.18. The molecule has 0 fully saturated rings. The first kappa shape index (κ1) is 24.1. The minimum atomic E-state index is -3.33. The zero-order valence-corrected chi connectivity index (χ0v) is 17.5. The van der Waals surface area contributed by atoms with Gasteiger partial charge in [0.05, 0.1) is 6.61 Å². The minimum Gasteiger partial charge on any atom is -0.324 e. The second-order valence-electron chi connectivity index (χ2n) is 7.65. The van der Waals surface area contributed by atoms with Crippen LogP contribution in [0.15, 0.2) is 0 Å². The van der Waals surface area contributed by atoms with Gasteiger partial charge in [-0.3, -0.25) is 4.57 Å². The van der Waals surface area contributed by atoms with Gasteiger partial charge in [0.25, 0.3) is 0 Å². The zero-order chi connectivity index (χ0) is 18.1. The van der Waals surface area contributed by atoms with Crippen LogP contribution in [0.2, 0.25) is 0 Å². The third-order valence-corrected chi connectivity index (χ3v) is 5.84. The second-order valence-corrected chi connectivity index (χ2v) is 9.63. The summed E-state index contributed by atoms with van der Waals surface area (Å²) < 4.78 is 16.9. The van der Waals surface area contributed by atoms with Gasteiger partial charge in [0.1, 0.15) is 0 Å². The van der Waals surface area contributed by atoms with Crippen LogP contribution in [0.25, 0.3) is 0 Å². The highest BCUT2D eigenvalue weighted by atomic mass is 31.2. The summed E-state index contributed by atoms with van der Waals surface area (Å²) in [6.45, 7) is 6.63. The van der Waals surface area contributed by atoms with Crippen LogP contribution in [0.5, 0.6) is 0 Å². The van der Waals surface area contributed by atoms with E-state index in [4.69, 9.17) is 4.52 Å². The van der Waals surface area contributed by atoms with Gasteiger partial charge < -0.3 is 9.42 Å². The van der Waals surface area contributed by atoms with Crippen molar-refractivity contribution < 1.29 is 14.0 Å². The summed E-state index contributed by atoms with van der Waals surface area (Å²) in [4.78, 5) is 9.69. The van der Waals surface area contributed by atoms with Crippen molar-refractivity contribution >= 4 is 7.60 Å². The maximum atomic E-state index is 11.8. The van der Waals surface area contributed by atoms with Gasteiger partial charge in [-0.1, -0.05) is 104 Å². The molecule has 0 saturated heterocycles. The topological polar surface area (TPSA) is 46.5 Å². The van der Waals surface area contributed by atoms with E-state index in [0.29, 0.717) is 18.7 Å². The van der Waals surface area contributed by atoms with E-state index >= 15 is 0 Å². The molecule has 0 rings (SSSR count). The largest absolute Gasteiger partial charge is 0.328 e. The number of rotatable bonds is 18. The lowest BCUT2D eigenvalue weighted by molar-refractivity contribution is 0.229. The van der Waals surface area contributed by atoms with Crippen LogP contribution in [-0.2, 0) is 9.09 Å².